The predicted octanol–water partition coefficient (Wildman–Crippen LogP) is 3.76. The molecule has 0 spiro atoms. The number of rotatable bonds is 7. The minimum atomic E-state index is 0.375. The molecule has 1 aromatic carbocycles. The maximum absolute atomic E-state index is 5.85. The van der Waals surface area contributed by atoms with Gasteiger partial charge in [0.25, 0.3) is 0 Å². The van der Waals surface area contributed by atoms with Crippen molar-refractivity contribution in [2.24, 2.45) is 5.92 Å². The van der Waals surface area contributed by atoms with Gasteiger partial charge in [-0.15, -0.1) is 0 Å². The fourth-order valence-corrected chi connectivity index (χ4v) is 2.33. The number of benzene rings is 1. The number of hydrogen-bond donors (Lipinski definition) is 1. The van der Waals surface area contributed by atoms with Crippen LogP contribution in [0.25, 0.3) is 0 Å². The van der Waals surface area contributed by atoms with E-state index in [9.17, 15) is 0 Å². The van der Waals surface area contributed by atoms with Gasteiger partial charge in [-0.3, -0.25) is 0 Å². The van der Waals surface area contributed by atoms with E-state index in [1.165, 1.54) is 0 Å². The summed E-state index contributed by atoms with van der Waals surface area (Å²) in [5.41, 5.74) is 1.12. The van der Waals surface area contributed by atoms with Crippen LogP contribution in [-0.4, -0.2) is 11.7 Å². The third kappa shape index (κ3) is 4.35. The Kier molecular flexibility index (Phi) is 5.61. The number of nitrogens with zero attached hydrogens (tertiary/aromatic N) is 1. The second-order valence-electron chi connectivity index (χ2n) is 5.02. The van der Waals surface area contributed by atoms with E-state index in [-0.39, 0.29) is 0 Å². The predicted molar refractivity (Wildman–Crippen MR) is 81.5 cm³/mol. The summed E-state index contributed by atoms with van der Waals surface area (Å²) in [4.78, 5) is 0. The molecule has 1 aromatic heterocycles. The van der Waals surface area contributed by atoms with E-state index in [0.29, 0.717) is 18.3 Å². The summed E-state index contributed by atoms with van der Waals surface area (Å²) in [6.45, 7) is 6.52. The molecular weight excluding hydrogens is 320 g/mol. The lowest BCUT2D eigenvalue weighted by atomic mass is 10.2. The number of para-hydroxylation sites is 1. The average molecular weight is 339 g/mol. The van der Waals surface area contributed by atoms with Crippen molar-refractivity contribution in [3.8, 4) is 5.75 Å². The van der Waals surface area contributed by atoms with E-state index in [0.717, 1.165) is 28.9 Å². The molecule has 108 valence electrons. The molecule has 0 aliphatic carbocycles. The molecule has 0 unspecified atom stereocenters. The van der Waals surface area contributed by atoms with Crippen LogP contribution in [0.2, 0.25) is 0 Å². The highest BCUT2D eigenvalue weighted by Crippen LogP contribution is 2.29. The molecule has 0 atom stereocenters. The molecule has 0 saturated carbocycles. The molecule has 1 N–H and O–H groups in total. The van der Waals surface area contributed by atoms with Crippen LogP contribution in [0.1, 0.15) is 25.2 Å². The molecule has 0 aliphatic heterocycles. The van der Waals surface area contributed by atoms with Crippen LogP contribution in [-0.2, 0) is 13.2 Å². The number of ether oxygens (including phenoxy) is 1. The van der Waals surface area contributed by atoms with Crippen molar-refractivity contribution in [3.63, 3.8) is 0 Å². The molecule has 20 heavy (non-hydrogen) atoms. The van der Waals surface area contributed by atoms with Crippen LogP contribution in [0, 0.1) is 5.92 Å². The molecule has 0 fully saturated rings. The molecule has 4 nitrogen and oxygen atoms in total. The van der Waals surface area contributed by atoms with E-state index in [1.807, 2.05) is 12.1 Å². The van der Waals surface area contributed by atoms with Crippen molar-refractivity contribution in [1.29, 1.82) is 0 Å². The van der Waals surface area contributed by atoms with Gasteiger partial charge in [-0.25, -0.2) is 0 Å². The second-order valence-corrected chi connectivity index (χ2v) is 5.87. The quantitative estimate of drug-likeness (QED) is 0.834. The third-order valence-electron chi connectivity index (χ3n) is 2.77. The molecule has 0 radical (unpaired) electrons. The van der Waals surface area contributed by atoms with Crippen molar-refractivity contribution >= 4 is 15.9 Å². The van der Waals surface area contributed by atoms with Gasteiger partial charge in [-0.05, 0) is 34.5 Å². The molecule has 2 aromatic rings. The largest absolute Gasteiger partial charge is 0.484 e. The topological polar surface area (TPSA) is 47.3 Å². The average Bonchev–Trinajstić information content (AvgIpc) is 2.90. The summed E-state index contributed by atoms with van der Waals surface area (Å²) >= 11 is 3.53. The monoisotopic (exact) mass is 338 g/mol. The lowest BCUT2D eigenvalue weighted by Gasteiger charge is -2.14. The molecule has 5 heteroatoms. The standard InChI is InChI=1S/C15H19BrN2O2/c1-11(2)8-17-9-12-4-3-5-14(16)15(12)19-10-13-6-7-18-20-13/h3-7,11,17H,8-10H2,1-2H3. The highest BCUT2D eigenvalue weighted by molar-refractivity contribution is 9.10. The zero-order valence-corrected chi connectivity index (χ0v) is 13.3. The Balaban J connectivity index is 2.01. The molecule has 1 heterocycles. The van der Waals surface area contributed by atoms with Crippen molar-refractivity contribution in [1.82, 2.24) is 10.5 Å². The van der Waals surface area contributed by atoms with Crippen molar-refractivity contribution in [2.75, 3.05) is 6.54 Å². The first kappa shape index (κ1) is 15.1. The van der Waals surface area contributed by atoms with Crippen LogP contribution in [0.5, 0.6) is 5.75 Å². The van der Waals surface area contributed by atoms with Gasteiger partial charge in [-0.2, -0.15) is 0 Å². The Morgan fingerprint density at radius 2 is 2.20 bits per heavy atom. The summed E-state index contributed by atoms with van der Waals surface area (Å²) in [6, 6.07) is 7.85. The van der Waals surface area contributed by atoms with E-state index < -0.39 is 0 Å². The van der Waals surface area contributed by atoms with Crippen LogP contribution in [0.3, 0.4) is 0 Å². The van der Waals surface area contributed by atoms with Gasteiger partial charge < -0.3 is 14.6 Å². The molecule has 0 bridgehead atoms. The van der Waals surface area contributed by atoms with Gasteiger partial charge in [-0.1, -0.05) is 31.1 Å². The first-order valence-corrected chi connectivity index (χ1v) is 7.46. The Labute approximate surface area is 127 Å². The van der Waals surface area contributed by atoms with E-state index in [2.05, 4.69) is 46.3 Å². The molecular formula is C15H19BrN2O2. The Hall–Kier alpha value is -1.33. The zero-order valence-electron chi connectivity index (χ0n) is 11.7. The fraction of sp³-hybridized carbons (Fsp3) is 0.400. The summed E-state index contributed by atoms with van der Waals surface area (Å²) in [6.07, 6.45) is 1.61. The van der Waals surface area contributed by atoms with Crippen LogP contribution in [0.4, 0.5) is 0 Å². The van der Waals surface area contributed by atoms with Gasteiger partial charge in [0.15, 0.2) is 5.76 Å². The van der Waals surface area contributed by atoms with E-state index in [4.69, 9.17) is 9.26 Å². The van der Waals surface area contributed by atoms with Crippen LogP contribution < -0.4 is 10.1 Å². The number of nitrogens with one attached hydrogen (secondary N) is 1. The fourth-order valence-electron chi connectivity index (χ4n) is 1.81. The first-order chi connectivity index (χ1) is 9.66. The van der Waals surface area contributed by atoms with Crippen molar-refractivity contribution < 1.29 is 9.26 Å². The molecule has 0 aliphatic rings. The highest BCUT2D eigenvalue weighted by atomic mass is 79.9. The second kappa shape index (κ2) is 7.45. The minimum absolute atomic E-state index is 0.375. The number of halogens is 1. The van der Waals surface area contributed by atoms with E-state index in [1.54, 1.807) is 12.3 Å². The Morgan fingerprint density at radius 1 is 1.35 bits per heavy atom. The summed E-state index contributed by atoms with van der Waals surface area (Å²) in [5, 5.41) is 7.09. The lowest BCUT2D eigenvalue weighted by molar-refractivity contribution is 0.245. The summed E-state index contributed by atoms with van der Waals surface area (Å²) in [5.74, 6) is 2.18. The zero-order chi connectivity index (χ0) is 14.4. The Bertz CT molecular complexity index is 527. The van der Waals surface area contributed by atoms with Crippen LogP contribution >= 0.6 is 15.9 Å². The smallest absolute Gasteiger partial charge is 0.174 e. The molecule has 0 saturated heterocycles. The van der Waals surface area contributed by atoms with Crippen molar-refractivity contribution in [3.05, 3.63) is 46.3 Å². The third-order valence-corrected chi connectivity index (χ3v) is 3.39. The van der Waals surface area contributed by atoms with Gasteiger partial charge in [0, 0.05) is 18.2 Å². The van der Waals surface area contributed by atoms with Gasteiger partial charge in [0.05, 0.1) is 10.7 Å². The maximum Gasteiger partial charge on any atom is 0.174 e. The maximum atomic E-state index is 5.85. The Morgan fingerprint density at radius 3 is 2.90 bits per heavy atom. The van der Waals surface area contributed by atoms with Gasteiger partial charge in [0.1, 0.15) is 12.4 Å². The van der Waals surface area contributed by atoms with Crippen LogP contribution in [0.15, 0.2) is 39.5 Å². The number of aromatic nitrogens is 1. The lowest BCUT2D eigenvalue weighted by Crippen LogP contribution is -2.19. The van der Waals surface area contributed by atoms with Gasteiger partial charge >= 0.3 is 0 Å². The number of hydrogen-bond acceptors (Lipinski definition) is 4. The normalized spacial score (nSPS) is 11.0. The summed E-state index contributed by atoms with van der Waals surface area (Å²) in [7, 11) is 0. The molecule has 2 rings (SSSR count). The summed E-state index contributed by atoms with van der Waals surface area (Å²) < 4.78 is 11.8. The molecule has 0 amide bonds. The minimum Gasteiger partial charge on any atom is -0.484 e. The van der Waals surface area contributed by atoms with Gasteiger partial charge in [0.2, 0.25) is 0 Å². The van der Waals surface area contributed by atoms with Crippen molar-refractivity contribution in [2.45, 2.75) is 27.0 Å². The highest BCUT2D eigenvalue weighted by Gasteiger charge is 2.09. The SMILES string of the molecule is CC(C)CNCc1cccc(Br)c1OCc1ccno1. The first-order valence-electron chi connectivity index (χ1n) is 6.67. The van der Waals surface area contributed by atoms with E-state index >= 15 is 0 Å².